The first kappa shape index (κ1) is 23.4. The number of hydrogen-bond donors (Lipinski definition) is 1. The first-order chi connectivity index (χ1) is 14.7. The van der Waals surface area contributed by atoms with Gasteiger partial charge in [0.15, 0.2) is 0 Å². The van der Waals surface area contributed by atoms with Crippen LogP contribution < -0.4 is 9.64 Å². The second kappa shape index (κ2) is 11.4. The highest BCUT2D eigenvalue weighted by Crippen LogP contribution is 2.23. The summed E-state index contributed by atoms with van der Waals surface area (Å²) in [6.45, 7) is 4.58. The molecule has 3 aromatic rings. The highest BCUT2D eigenvalue weighted by Gasteiger charge is 2.20. The third-order valence-electron chi connectivity index (χ3n) is 5.42. The Kier molecular flexibility index (Phi) is 8.61. The number of piperazine rings is 1. The van der Waals surface area contributed by atoms with Crippen molar-refractivity contribution in [2.24, 2.45) is 0 Å². The molecule has 31 heavy (non-hydrogen) atoms. The fourth-order valence-electron chi connectivity index (χ4n) is 3.78. The van der Waals surface area contributed by atoms with Crippen LogP contribution in [-0.2, 0) is 0 Å². The Bertz CT molecular complexity index is 930. The van der Waals surface area contributed by atoms with Gasteiger partial charge in [-0.25, -0.2) is 0 Å². The fourth-order valence-corrected chi connectivity index (χ4v) is 3.96. The zero-order chi connectivity index (χ0) is 20.8. The molecule has 0 radical (unpaired) electrons. The Balaban J connectivity index is 0.00000272. The van der Waals surface area contributed by atoms with Gasteiger partial charge in [0, 0.05) is 43.4 Å². The molecule has 1 atom stereocenters. The second-order valence-corrected chi connectivity index (χ2v) is 8.06. The number of halogens is 2. The van der Waals surface area contributed by atoms with Gasteiger partial charge < -0.3 is 14.7 Å². The minimum atomic E-state index is -0.517. The highest BCUT2D eigenvalue weighted by molar-refractivity contribution is 6.30. The maximum atomic E-state index is 10.4. The maximum absolute atomic E-state index is 10.4. The van der Waals surface area contributed by atoms with Crippen LogP contribution in [0.3, 0.4) is 0 Å². The van der Waals surface area contributed by atoms with Crippen LogP contribution in [0.4, 0.5) is 5.69 Å². The van der Waals surface area contributed by atoms with Gasteiger partial charge in [0.2, 0.25) is 0 Å². The van der Waals surface area contributed by atoms with Crippen LogP contribution in [0.15, 0.2) is 78.9 Å². The van der Waals surface area contributed by atoms with Gasteiger partial charge in [0.1, 0.15) is 18.5 Å². The molecule has 4 rings (SSSR count). The predicted octanol–water partition coefficient (Wildman–Crippen LogP) is 4.99. The fraction of sp³-hybridized carbons (Fsp3) is 0.280. The number of rotatable bonds is 7. The normalized spacial score (nSPS) is 15.2. The monoisotopic (exact) mass is 458 g/mol. The van der Waals surface area contributed by atoms with Gasteiger partial charge in [-0.2, -0.15) is 0 Å². The van der Waals surface area contributed by atoms with Crippen molar-refractivity contribution in [2.75, 3.05) is 44.2 Å². The van der Waals surface area contributed by atoms with Gasteiger partial charge >= 0.3 is 0 Å². The lowest BCUT2D eigenvalue weighted by Crippen LogP contribution is -2.49. The minimum absolute atomic E-state index is 0. The zero-order valence-corrected chi connectivity index (χ0v) is 18.9. The maximum Gasteiger partial charge on any atom is 0.119 e. The highest BCUT2D eigenvalue weighted by atomic mass is 35.5. The summed E-state index contributed by atoms with van der Waals surface area (Å²) in [6.07, 6.45) is -0.517. The Hall–Kier alpha value is -2.24. The number of ether oxygens (including phenoxy) is 1. The molecule has 1 heterocycles. The molecular weight excluding hydrogens is 431 g/mol. The number of benzene rings is 3. The first-order valence-corrected chi connectivity index (χ1v) is 10.7. The van der Waals surface area contributed by atoms with Gasteiger partial charge in [-0.15, -0.1) is 12.4 Å². The number of nitrogens with zero attached hydrogens (tertiary/aromatic N) is 2. The molecule has 164 valence electrons. The van der Waals surface area contributed by atoms with Crippen molar-refractivity contribution in [2.45, 2.75) is 6.10 Å². The Morgan fingerprint density at radius 3 is 2.19 bits per heavy atom. The average Bonchev–Trinajstić information content (AvgIpc) is 2.79. The molecule has 1 N–H and O–H groups in total. The molecule has 0 amide bonds. The quantitative estimate of drug-likeness (QED) is 0.540. The largest absolute Gasteiger partial charge is 0.491 e. The molecule has 1 fully saturated rings. The van der Waals surface area contributed by atoms with E-state index in [0.29, 0.717) is 13.2 Å². The standard InChI is InChI=1S/C25H27ClN2O2.ClH/c26-22-7-4-8-23(17-22)28-15-13-27(14-16-28)18-24(29)19-30-25-11-9-21(10-12-25)20-5-2-1-3-6-20;/h1-12,17,24,29H,13-16,18-19H2;1H. The molecule has 1 aliphatic heterocycles. The summed E-state index contributed by atoms with van der Waals surface area (Å²) >= 11 is 6.10. The number of aliphatic hydroxyl groups is 1. The summed E-state index contributed by atoms with van der Waals surface area (Å²) in [7, 11) is 0. The Labute approximate surface area is 195 Å². The third kappa shape index (κ3) is 6.62. The van der Waals surface area contributed by atoms with E-state index in [1.54, 1.807) is 0 Å². The summed E-state index contributed by atoms with van der Waals surface area (Å²) in [5.74, 6) is 0.777. The van der Waals surface area contributed by atoms with Crippen LogP contribution >= 0.6 is 24.0 Å². The molecule has 1 saturated heterocycles. The molecule has 0 bridgehead atoms. The van der Waals surface area contributed by atoms with E-state index in [1.165, 1.54) is 5.56 Å². The van der Waals surface area contributed by atoms with Crippen molar-refractivity contribution in [1.82, 2.24) is 4.90 Å². The van der Waals surface area contributed by atoms with E-state index in [9.17, 15) is 5.11 Å². The molecular formula is C25H28Cl2N2O2. The summed E-state index contributed by atoms with van der Waals surface area (Å²) < 4.78 is 5.80. The first-order valence-electron chi connectivity index (χ1n) is 10.4. The molecule has 1 aliphatic rings. The SMILES string of the molecule is Cl.OC(COc1ccc(-c2ccccc2)cc1)CN1CCN(c2cccc(Cl)c2)CC1. The van der Waals surface area contributed by atoms with E-state index in [0.717, 1.165) is 48.2 Å². The topological polar surface area (TPSA) is 35.9 Å². The third-order valence-corrected chi connectivity index (χ3v) is 5.65. The van der Waals surface area contributed by atoms with E-state index in [2.05, 4.69) is 28.0 Å². The van der Waals surface area contributed by atoms with Gasteiger partial charge in [-0.1, -0.05) is 60.1 Å². The van der Waals surface area contributed by atoms with Gasteiger partial charge in [0.25, 0.3) is 0 Å². The van der Waals surface area contributed by atoms with Crippen LogP contribution in [-0.4, -0.2) is 55.4 Å². The number of aliphatic hydroxyl groups excluding tert-OH is 1. The van der Waals surface area contributed by atoms with Crippen LogP contribution in [0.2, 0.25) is 5.02 Å². The van der Waals surface area contributed by atoms with Crippen LogP contribution in [0.25, 0.3) is 11.1 Å². The molecule has 0 spiro atoms. The molecule has 0 aliphatic carbocycles. The summed E-state index contributed by atoms with van der Waals surface area (Å²) in [4.78, 5) is 4.62. The van der Waals surface area contributed by atoms with E-state index in [4.69, 9.17) is 16.3 Å². The lowest BCUT2D eigenvalue weighted by atomic mass is 10.1. The van der Waals surface area contributed by atoms with Gasteiger partial charge in [-0.05, 0) is 41.5 Å². The number of β-amino-alcohol motifs (C(OH)–C–C–N with tert-alkyl or cyclic N) is 1. The molecule has 0 saturated carbocycles. The van der Waals surface area contributed by atoms with Crippen molar-refractivity contribution in [3.63, 3.8) is 0 Å². The molecule has 6 heteroatoms. The average molecular weight is 459 g/mol. The van der Waals surface area contributed by atoms with Crippen molar-refractivity contribution in [3.8, 4) is 16.9 Å². The summed E-state index contributed by atoms with van der Waals surface area (Å²) in [5.41, 5.74) is 3.49. The van der Waals surface area contributed by atoms with Gasteiger partial charge in [-0.3, -0.25) is 4.90 Å². The van der Waals surface area contributed by atoms with E-state index in [-0.39, 0.29) is 12.4 Å². The number of anilines is 1. The van der Waals surface area contributed by atoms with Crippen LogP contribution in [0.5, 0.6) is 5.75 Å². The Morgan fingerprint density at radius 2 is 1.52 bits per heavy atom. The molecule has 3 aromatic carbocycles. The van der Waals surface area contributed by atoms with Gasteiger partial charge in [0.05, 0.1) is 0 Å². The zero-order valence-electron chi connectivity index (χ0n) is 17.4. The molecule has 0 aromatic heterocycles. The lowest BCUT2D eigenvalue weighted by molar-refractivity contribution is 0.0663. The van der Waals surface area contributed by atoms with Crippen molar-refractivity contribution < 1.29 is 9.84 Å². The van der Waals surface area contributed by atoms with E-state index < -0.39 is 6.10 Å². The lowest BCUT2D eigenvalue weighted by Gasteiger charge is -2.36. The second-order valence-electron chi connectivity index (χ2n) is 7.62. The Morgan fingerprint density at radius 1 is 0.839 bits per heavy atom. The molecule has 1 unspecified atom stereocenters. The van der Waals surface area contributed by atoms with E-state index in [1.807, 2.05) is 60.7 Å². The number of hydrogen-bond acceptors (Lipinski definition) is 4. The van der Waals surface area contributed by atoms with E-state index >= 15 is 0 Å². The van der Waals surface area contributed by atoms with Crippen molar-refractivity contribution in [1.29, 1.82) is 0 Å². The van der Waals surface area contributed by atoms with Crippen molar-refractivity contribution >= 4 is 29.7 Å². The van der Waals surface area contributed by atoms with Crippen LogP contribution in [0, 0.1) is 0 Å². The minimum Gasteiger partial charge on any atom is -0.491 e. The summed E-state index contributed by atoms with van der Waals surface area (Å²) in [6, 6.07) is 26.2. The van der Waals surface area contributed by atoms with Crippen LogP contribution in [0.1, 0.15) is 0 Å². The molecule has 4 nitrogen and oxygen atoms in total. The summed E-state index contributed by atoms with van der Waals surface area (Å²) in [5, 5.41) is 11.2. The predicted molar refractivity (Wildman–Crippen MR) is 131 cm³/mol. The smallest absolute Gasteiger partial charge is 0.119 e. The van der Waals surface area contributed by atoms with Crippen molar-refractivity contribution in [3.05, 3.63) is 83.9 Å².